The van der Waals surface area contributed by atoms with Crippen LogP contribution in [0.4, 0.5) is 11.4 Å². The number of nitrogens with two attached hydrogens (primary N) is 1. The Labute approximate surface area is 150 Å². The minimum atomic E-state index is 0.101. The van der Waals surface area contributed by atoms with Crippen molar-refractivity contribution in [3.63, 3.8) is 0 Å². The van der Waals surface area contributed by atoms with Crippen LogP contribution in [0, 0.1) is 19.8 Å². The average molecular weight is 337 g/mol. The Morgan fingerprint density at radius 3 is 2.48 bits per heavy atom. The zero-order valence-corrected chi connectivity index (χ0v) is 15.1. The van der Waals surface area contributed by atoms with Gasteiger partial charge < -0.3 is 16.0 Å². The van der Waals surface area contributed by atoms with E-state index in [2.05, 4.69) is 31.3 Å². The van der Waals surface area contributed by atoms with Gasteiger partial charge in [-0.1, -0.05) is 24.3 Å². The minimum Gasteiger partial charge on any atom is -0.355 e. The molecule has 4 heteroatoms. The highest BCUT2D eigenvalue weighted by molar-refractivity contribution is 6.00. The maximum atomic E-state index is 13.0. The van der Waals surface area contributed by atoms with Gasteiger partial charge in [0.05, 0.1) is 11.3 Å². The molecule has 3 rings (SSSR count). The molecule has 1 saturated heterocycles. The Morgan fingerprint density at radius 2 is 1.76 bits per heavy atom. The van der Waals surface area contributed by atoms with Crippen molar-refractivity contribution in [3.05, 3.63) is 59.2 Å². The fourth-order valence-corrected chi connectivity index (χ4v) is 3.35. The van der Waals surface area contributed by atoms with Gasteiger partial charge in [0.2, 0.25) is 0 Å². The van der Waals surface area contributed by atoms with Gasteiger partial charge >= 0.3 is 0 Å². The van der Waals surface area contributed by atoms with E-state index in [0.717, 1.165) is 42.9 Å². The summed E-state index contributed by atoms with van der Waals surface area (Å²) >= 11 is 0. The highest BCUT2D eigenvalue weighted by atomic mass is 16.2. The first kappa shape index (κ1) is 17.5. The SMILES string of the molecule is Cc1cccc(Nc2ccccc2C(=O)N2CCC(CN)CC2)c1C. The lowest BCUT2D eigenvalue weighted by molar-refractivity contribution is 0.0694. The van der Waals surface area contributed by atoms with Crippen LogP contribution in [0.3, 0.4) is 0 Å². The van der Waals surface area contributed by atoms with E-state index < -0.39 is 0 Å². The molecule has 0 atom stereocenters. The van der Waals surface area contributed by atoms with E-state index in [9.17, 15) is 4.79 Å². The topological polar surface area (TPSA) is 58.4 Å². The zero-order chi connectivity index (χ0) is 17.8. The van der Waals surface area contributed by atoms with Crippen molar-refractivity contribution in [2.45, 2.75) is 26.7 Å². The number of benzene rings is 2. The van der Waals surface area contributed by atoms with Crippen LogP contribution in [-0.4, -0.2) is 30.4 Å². The summed E-state index contributed by atoms with van der Waals surface area (Å²) in [5.41, 5.74) is 10.8. The lowest BCUT2D eigenvalue weighted by Gasteiger charge is -2.32. The first-order valence-corrected chi connectivity index (χ1v) is 9.01. The first-order valence-electron chi connectivity index (χ1n) is 9.01. The summed E-state index contributed by atoms with van der Waals surface area (Å²) in [6.07, 6.45) is 1.99. The summed E-state index contributed by atoms with van der Waals surface area (Å²) in [5.74, 6) is 0.649. The van der Waals surface area contributed by atoms with Crippen LogP contribution in [0.25, 0.3) is 0 Å². The number of hydrogen-bond acceptors (Lipinski definition) is 3. The normalized spacial score (nSPS) is 15.2. The third kappa shape index (κ3) is 3.85. The molecular weight excluding hydrogens is 310 g/mol. The van der Waals surface area contributed by atoms with Gasteiger partial charge in [-0.05, 0) is 68.5 Å². The molecule has 1 heterocycles. The van der Waals surface area contributed by atoms with Gasteiger partial charge in [-0.2, -0.15) is 0 Å². The van der Waals surface area contributed by atoms with Crippen LogP contribution in [0.15, 0.2) is 42.5 Å². The molecule has 2 aromatic carbocycles. The number of rotatable bonds is 4. The van der Waals surface area contributed by atoms with Gasteiger partial charge in [-0.3, -0.25) is 4.79 Å². The van der Waals surface area contributed by atoms with Crippen molar-refractivity contribution < 1.29 is 4.79 Å². The lowest BCUT2D eigenvalue weighted by atomic mass is 9.96. The fourth-order valence-electron chi connectivity index (χ4n) is 3.35. The maximum absolute atomic E-state index is 13.0. The number of aryl methyl sites for hydroxylation is 1. The number of para-hydroxylation sites is 1. The number of nitrogens with one attached hydrogen (secondary N) is 1. The van der Waals surface area contributed by atoms with Crippen LogP contribution in [-0.2, 0) is 0 Å². The lowest BCUT2D eigenvalue weighted by Crippen LogP contribution is -2.40. The van der Waals surface area contributed by atoms with Crippen molar-refractivity contribution in [1.29, 1.82) is 0 Å². The molecule has 4 nitrogen and oxygen atoms in total. The molecule has 0 spiro atoms. The summed E-state index contributed by atoms with van der Waals surface area (Å²) in [5, 5.41) is 3.45. The molecule has 1 fully saturated rings. The predicted octanol–water partition coefficient (Wildman–Crippen LogP) is 3.86. The Morgan fingerprint density at radius 1 is 1.08 bits per heavy atom. The molecule has 0 saturated carbocycles. The molecule has 0 radical (unpaired) electrons. The summed E-state index contributed by atoms with van der Waals surface area (Å²) in [4.78, 5) is 15.0. The number of carbonyl (C=O) groups is 1. The van der Waals surface area contributed by atoms with Gasteiger partial charge in [0, 0.05) is 18.8 Å². The van der Waals surface area contributed by atoms with Crippen LogP contribution in [0.2, 0.25) is 0 Å². The molecule has 0 aromatic heterocycles. The summed E-state index contributed by atoms with van der Waals surface area (Å²) in [7, 11) is 0. The van der Waals surface area contributed by atoms with Crippen molar-refractivity contribution in [2.24, 2.45) is 11.7 Å². The smallest absolute Gasteiger partial charge is 0.255 e. The number of nitrogens with zero attached hydrogens (tertiary/aromatic N) is 1. The molecular formula is C21H27N3O. The average Bonchev–Trinajstić information content (AvgIpc) is 2.65. The molecule has 0 bridgehead atoms. The van der Waals surface area contributed by atoms with Gasteiger partial charge in [-0.25, -0.2) is 0 Å². The number of anilines is 2. The van der Waals surface area contributed by atoms with Gasteiger partial charge in [-0.15, -0.1) is 0 Å². The minimum absolute atomic E-state index is 0.101. The third-order valence-corrected chi connectivity index (χ3v) is 5.27. The second-order valence-electron chi connectivity index (χ2n) is 6.89. The Bertz CT molecular complexity index is 749. The highest BCUT2D eigenvalue weighted by Gasteiger charge is 2.24. The van der Waals surface area contributed by atoms with E-state index >= 15 is 0 Å². The second kappa shape index (κ2) is 7.70. The molecule has 1 aliphatic heterocycles. The summed E-state index contributed by atoms with van der Waals surface area (Å²) in [6, 6.07) is 14.0. The van der Waals surface area contributed by atoms with Gasteiger partial charge in [0.25, 0.3) is 5.91 Å². The maximum Gasteiger partial charge on any atom is 0.255 e. The number of piperidine rings is 1. The summed E-state index contributed by atoms with van der Waals surface area (Å²) < 4.78 is 0. The third-order valence-electron chi connectivity index (χ3n) is 5.27. The first-order chi connectivity index (χ1) is 12.1. The van der Waals surface area contributed by atoms with Crippen molar-refractivity contribution in [2.75, 3.05) is 25.0 Å². The molecule has 1 amide bonds. The molecule has 132 valence electrons. The number of hydrogen-bond donors (Lipinski definition) is 2. The highest BCUT2D eigenvalue weighted by Crippen LogP contribution is 2.27. The Kier molecular flexibility index (Phi) is 5.39. The van der Waals surface area contributed by atoms with E-state index in [1.165, 1.54) is 11.1 Å². The van der Waals surface area contributed by atoms with Gasteiger partial charge in [0.15, 0.2) is 0 Å². The van der Waals surface area contributed by atoms with Gasteiger partial charge in [0.1, 0.15) is 0 Å². The van der Waals surface area contributed by atoms with Crippen molar-refractivity contribution in [3.8, 4) is 0 Å². The second-order valence-corrected chi connectivity index (χ2v) is 6.89. The van der Waals surface area contributed by atoms with Crippen LogP contribution < -0.4 is 11.1 Å². The Hall–Kier alpha value is -2.33. The Balaban J connectivity index is 1.81. The molecule has 25 heavy (non-hydrogen) atoms. The van der Waals surface area contributed by atoms with Crippen molar-refractivity contribution >= 4 is 17.3 Å². The molecule has 0 unspecified atom stereocenters. The van der Waals surface area contributed by atoms with E-state index in [4.69, 9.17) is 5.73 Å². The summed E-state index contributed by atoms with van der Waals surface area (Å²) in [6.45, 7) is 6.49. The van der Waals surface area contributed by atoms with E-state index in [1.54, 1.807) is 0 Å². The quantitative estimate of drug-likeness (QED) is 0.891. The van der Waals surface area contributed by atoms with E-state index in [0.29, 0.717) is 12.5 Å². The van der Waals surface area contributed by atoms with E-state index in [1.807, 2.05) is 35.2 Å². The molecule has 2 aromatic rings. The van der Waals surface area contributed by atoms with E-state index in [-0.39, 0.29) is 5.91 Å². The largest absolute Gasteiger partial charge is 0.355 e. The molecule has 0 aliphatic carbocycles. The number of amides is 1. The number of carbonyl (C=O) groups excluding carboxylic acids is 1. The van der Waals surface area contributed by atoms with Crippen LogP contribution >= 0.6 is 0 Å². The van der Waals surface area contributed by atoms with Crippen LogP contribution in [0.1, 0.15) is 34.3 Å². The molecule has 1 aliphatic rings. The molecule has 3 N–H and O–H groups in total. The standard InChI is InChI=1S/C21H27N3O/c1-15-6-5-9-19(16(15)2)23-20-8-4-3-7-18(20)21(25)24-12-10-17(14-22)11-13-24/h3-9,17,23H,10-14,22H2,1-2H3. The zero-order valence-electron chi connectivity index (χ0n) is 15.1. The van der Waals surface area contributed by atoms with Crippen LogP contribution in [0.5, 0.6) is 0 Å². The monoisotopic (exact) mass is 337 g/mol. The van der Waals surface area contributed by atoms with Crippen molar-refractivity contribution in [1.82, 2.24) is 4.90 Å². The number of likely N-dealkylation sites (tertiary alicyclic amines) is 1. The fraction of sp³-hybridized carbons (Fsp3) is 0.381. The predicted molar refractivity (Wildman–Crippen MR) is 103 cm³/mol.